The molecule has 0 saturated heterocycles. The number of anilines is 1. The van der Waals surface area contributed by atoms with Crippen LogP contribution in [0.3, 0.4) is 0 Å². The van der Waals surface area contributed by atoms with Gasteiger partial charge in [0, 0.05) is 23.5 Å². The Morgan fingerprint density at radius 2 is 1.89 bits per heavy atom. The van der Waals surface area contributed by atoms with Gasteiger partial charge in [0.15, 0.2) is 11.4 Å². The van der Waals surface area contributed by atoms with Gasteiger partial charge in [0.05, 0.1) is 18.0 Å². The standard InChI is InChI=1S/C22H20FN3O2/c1-2-27-20-10-9-15(12-18(20)24)19-13-26-11-5-8-21(22(26)25-19)28-14-16-6-3-4-7-17(16)23/h3-13H,2,14,24H2,1H3. The van der Waals surface area contributed by atoms with E-state index in [-0.39, 0.29) is 12.4 Å². The lowest BCUT2D eigenvalue weighted by Crippen LogP contribution is -1.99. The minimum atomic E-state index is -0.289. The average Bonchev–Trinajstić information content (AvgIpc) is 3.14. The van der Waals surface area contributed by atoms with Crippen LogP contribution in [0.4, 0.5) is 10.1 Å². The maximum atomic E-state index is 13.8. The molecule has 2 heterocycles. The molecular formula is C22H20FN3O2. The summed E-state index contributed by atoms with van der Waals surface area (Å²) in [7, 11) is 0. The molecule has 0 amide bonds. The lowest BCUT2D eigenvalue weighted by Gasteiger charge is -2.08. The predicted octanol–water partition coefficient (Wildman–Crippen LogP) is 4.70. The van der Waals surface area contributed by atoms with Crippen molar-refractivity contribution < 1.29 is 13.9 Å². The van der Waals surface area contributed by atoms with Crippen molar-refractivity contribution in [2.24, 2.45) is 0 Å². The Kier molecular flexibility index (Phi) is 4.85. The molecule has 2 N–H and O–H groups in total. The monoisotopic (exact) mass is 377 g/mol. The number of hydrogen-bond donors (Lipinski definition) is 1. The number of fused-ring (bicyclic) bond motifs is 1. The minimum Gasteiger partial charge on any atom is -0.492 e. The molecule has 0 fully saturated rings. The summed E-state index contributed by atoms with van der Waals surface area (Å²) in [6.45, 7) is 2.60. The summed E-state index contributed by atoms with van der Waals surface area (Å²) in [5.41, 5.74) is 9.43. The van der Waals surface area contributed by atoms with Crippen molar-refractivity contribution in [1.82, 2.24) is 9.38 Å². The van der Waals surface area contributed by atoms with E-state index in [0.717, 1.165) is 11.3 Å². The van der Waals surface area contributed by atoms with Crippen LogP contribution in [0.1, 0.15) is 12.5 Å². The van der Waals surface area contributed by atoms with Crippen LogP contribution in [0.2, 0.25) is 0 Å². The SMILES string of the molecule is CCOc1ccc(-c2cn3cccc(OCc4ccccc4F)c3n2)cc1N. The van der Waals surface area contributed by atoms with Crippen LogP contribution in [0.25, 0.3) is 16.9 Å². The maximum Gasteiger partial charge on any atom is 0.180 e. The number of ether oxygens (including phenoxy) is 2. The molecule has 0 radical (unpaired) electrons. The molecule has 2 aromatic heterocycles. The van der Waals surface area contributed by atoms with Gasteiger partial charge in [-0.3, -0.25) is 0 Å². The number of nitrogens with zero attached hydrogens (tertiary/aromatic N) is 2. The fraction of sp³-hybridized carbons (Fsp3) is 0.136. The molecule has 4 aromatic rings. The Morgan fingerprint density at radius 1 is 1.04 bits per heavy atom. The highest BCUT2D eigenvalue weighted by Gasteiger charge is 2.11. The van der Waals surface area contributed by atoms with E-state index in [0.29, 0.717) is 35.0 Å². The summed E-state index contributed by atoms with van der Waals surface area (Å²) >= 11 is 0. The first-order chi connectivity index (χ1) is 13.7. The molecule has 5 nitrogen and oxygen atoms in total. The van der Waals surface area contributed by atoms with Crippen LogP contribution < -0.4 is 15.2 Å². The van der Waals surface area contributed by atoms with Crippen molar-refractivity contribution in [2.45, 2.75) is 13.5 Å². The molecule has 0 aliphatic heterocycles. The molecule has 0 atom stereocenters. The summed E-state index contributed by atoms with van der Waals surface area (Å²) in [6.07, 6.45) is 3.79. The number of benzene rings is 2. The third-order valence-corrected chi connectivity index (χ3v) is 4.39. The van der Waals surface area contributed by atoms with Crippen molar-refractivity contribution in [2.75, 3.05) is 12.3 Å². The van der Waals surface area contributed by atoms with Gasteiger partial charge in [-0.25, -0.2) is 9.37 Å². The van der Waals surface area contributed by atoms with Gasteiger partial charge < -0.3 is 19.6 Å². The highest BCUT2D eigenvalue weighted by Crippen LogP contribution is 2.30. The number of imidazole rings is 1. The number of nitrogen functional groups attached to an aromatic ring is 1. The van der Waals surface area contributed by atoms with E-state index in [1.165, 1.54) is 6.07 Å². The van der Waals surface area contributed by atoms with Crippen molar-refractivity contribution in [1.29, 1.82) is 0 Å². The molecule has 0 saturated carbocycles. The number of pyridine rings is 1. The average molecular weight is 377 g/mol. The second-order valence-electron chi connectivity index (χ2n) is 6.30. The number of hydrogen-bond acceptors (Lipinski definition) is 4. The Labute approximate surface area is 162 Å². The lowest BCUT2D eigenvalue weighted by molar-refractivity contribution is 0.301. The number of nitrogens with two attached hydrogens (primary N) is 1. The highest BCUT2D eigenvalue weighted by atomic mass is 19.1. The molecule has 2 aromatic carbocycles. The van der Waals surface area contributed by atoms with E-state index in [4.69, 9.17) is 15.2 Å². The zero-order valence-corrected chi connectivity index (χ0v) is 15.4. The van der Waals surface area contributed by atoms with E-state index < -0.39 is 0 Å². The Morgan fingerprint density at radius 3 is 2.68 bits per heavy atom. The molecule has 0 bridgehead atoms. The van der Waals surface area contributed by atoms with Gasteiger partial charge in [-0.2, -0.15) is 0 Å². The molecule has 0 aliphatic rings. The van der Waals surface area contributed by atoms with Crippen LogP contribution >= 0.6 is 0 Å². The van der Waals surface area contributed by atoms with Crippen LogP contribution in [0.15, 0.2) is 67.0 Å². The molecular weight excluding hydrogens is 357 g/mol. The molecule has 28 heavy (non-hydrogen) atoms. The van der Waals surface area contributed by atoms with Crippen LogP contribution in [-0.4, -0.2) is 16.0 Å². The van der Waals surface area contributed by atoms with Crippen LogP contribution in [0, 0.1) is 5.82 Å². The van der Waals surface area contributed by atoms with Crippen molar-refractivity contribution >= 4 is 11.3 Å². The van der Waals surface area contributed by atoms with Gasteiger partial charge >= 0.3 is 0 Å². The maximum absolute atomic E-state index is 13.8. The Bertz CT molecular complexity index is 1120. The minimum absolute atomic E-state index is 0.130. The van der Waals surface area contributed by atoms with Gasteiger partial charge in [0.1, 0.15) is 18.2 Å². The largest absolute Gasteiger partial charge is 0.492 e. The molecule has 142 valence electrons. The van der Waals surface area contributed by atoms with E-state index in [1.54, 1.807) is 18.2 Å². The molecule has 0 aliphatic carbocycles. The topological polar surface area (TPSA) is 61.8 Å². The van der Waals surface area contributed by atoms with Gasteiger partial charge in [-0.1, -0.05) is 18.2 Å². The van der Waals surface area contributed by atoms with Gasteiger partial charge in [0.25, 0.3) is 0 Å². The summed E-state index contributed by atoms with van der Waals surface area (Å²) < 4.78 is 27.0. The third kappa shape index (κ3) is 3.49. The lowest BCUT2D eigenvalue weighted by atomic mass is 10.1. The van der Waals surface area contributed by atoms with E-state index in [2.05, 4.69) is 4.98 Å². The molecule has 0 spiro atoms. The predicted molar refractivity (Wildman–Crippen MR) is 107 cm³/mol. The molecule has 4 rings (SSSR count). The zero-order valence-electron chi connectivity index (χ0n) is 15.4. The molecule has 0 unspecified atom stereocenters. The summed E-state index contributed by atoms with van der Waals surface area (Å²) in [6, 6.07) is 15.8. The smallest absolute Gasteiger partial charge is 0.180 e. The highest BCUT2D eigenvalue weighted by molar-refractivity contribution is 5.71. The van der Waals surface area contributed by atoms with Gasteiger partial charge in [-0.05, 0) is 43.3 Å². The Hall–Kier alpha value is -3.54. The summed E-state index contributed by atoms with van der Waals surface area (Å²) in [5, 5.41) is 0. The van der Waals surface area contributed by atoms with Crippen molar-refractivity contribution in [3.05, 3.63) is 78.4 Å². The van der Waals surface area contributed by atoms with Crippen molar-refractivity contribution in [3.63, 3.8) is 0 Å². The number of aromatic nitrogens is 2. The van der Waals surface area contributed by atoms with Gasteiger partial charge in [-0.15, -0.1) is 0 Å². The quantitative estimate of drug-likeness (QED) is 0.495. The van der Waals surface area contributed by atoms with E-state index in [1.807, 2.05) is 54.0 Å². The fourth-order valence-electron chi connectivity index (χ4n) is 3.00. The van der Waals surface area contributed by atoms with Crippen LogP contribution in [0.5, 0.6) is 11.5 Å². The normalized spacial score (nSPS) is 10.9. The van der Waals surface area contributed by atoms with Crippen molar-refractivity contribution in [3.8, 4) is 22.8 Å². The second kappa shape index (κ2) is 7.60. The van der Waals surface area contributed by atoms with Crippen LogP contribution in [-0.2, 0) is 6.61 Å². The first-order valence-electron chi connectivity index (χ1n) is 9.02. The molecule has 6 heteroatoms. The summed E-state index contributed by atoms with van der Waals surface area (Å²) in [4.78, 5) is 4.68. The first-order valence-corrected chi connectivity index (χ1v) is 9.02. The Balaban J connectivity index is 1.64. The van der Waals surface area contributed by atoms with E-state index in [9.17, 15) is 4.39 Å². The van der Waals surface area contributed by atoms with Gasteiger partial charge in [0.2, 0.25) is 0 Å². The second-order valence-corrected chi connectivity index (χ2v) is 6.30. The van der Waals surface area contributed by atoms with E-state index >= 15 is 0 Å². The number of halogens is 1. The summed E-state index contributed by atoms with van der Waals surface area (Å²) in [5.74, 6) is 0.947. The zero-order chi connectivity index (χ0) is 19.5. The fourth-order valence-corrected chi connectivity index (χ4v) is 3.00. The first kappa shape index (κ1) is 17.9. The third-order valence-electron chi connectivity index (χ3n) is 4.39. The number of rotatable bonds is 6.